The quantitative estimate of drug-likeness (QED) is 0.694. The van der Waals surface area contributed by atoms with Crippen LogP contribution in [0.1, 0.15) is 44.6 Å². The van der Waals surface area contributed by atoms with Gasteiger partial charge in [0.2, 0.25) is 5.91 Å². The molecule has 148 valence electrons. The van der Waals surface area contributed by atoms with Crippen LogP contribution in [0.5, 0.6) is 0 Å². The van der Waals surface area contributed by atoms with E-state index in [-0.39, 0.29) is 17.9 Å². The Kier molecular flexibility index (Phi) is 5.07. The first-order valence-electron chi connectivity index (χ1n) is 10.0. The Morgan fingerprint density at radius 1 is 1.21 bits per heavy atom. The zero-order valence-electron chi connectivity index (χ0n) is 16.0. The Morgan fingerprint density at radius 3 is 2.75 bits per heavy atom. The number of hydrogen-bond acceptors (Lipinski definition) is 3. The number of aromatic nitrogens is 1. The van der Waals surface area contributed by atoms with E-state index in [2.05, 4.69) is 15.6 Å². The standard InChI is InChI=1S/C21H26N4O3/c1-13(19(26)23-15-7-3-2-4-8-15)25-20(27)18(24-21(25)28)11-14-12-22-17-10-6-5-9-16(14)17/h5-6,9-10,12-13,15,18,22H,2-4,7-8,11H2,1H3,(H,23,26)(H,24,28)/t13-,18-/m0/s1. The molecule has 7 nitrogen and oxygen atoms in total. The molecule has 4 rings (SSSR count). The van der Waals surface area contributed by atoms with E-state index in [9.17, 15) is 14.4 Å². The molecule has 1 saturated heterocycles. The second-order valence-electron chi connectivity index (χ2n) is 7.79. The van der Waals surface area contributed by atoms with Crippen molar-refractivity contribution in [2.45, 2.75) is 63.6 Å². The smallest absolute Gasteiger partial charge is 0.325 e. The van der Waals surface area contributed by atoms with Crippen molar-refractivity contribution in [3.8, 4) is 0 Å². The zero-order chi connectivity index (χ0) is 19.7. The van der Waals surface area contributed by atoms with E-state index in [0.29, 0.717) is 6.42 Å². The Balaban J connectivity index is 1.43. The monoisotopic (exact) mass is 382 g/mol. The predicted molar refractivity (Wildman–Crippen MR) is 106 cm³/mol. The summed E-state index contributed by atoms with van der Waals surface area (Å²) in [6, 6.07) is 6.02. The molecule has 0 radical (unpaired) electrons. The van der Waals surface area contributed by atoms with Crippen molar-refractivity contribution in [1.82, 2.24) is 20.5 Å². The highest BCUT2D eigenvalue weighted by Crippen LogP contribution is 2.22. The van der Waals surface area contributed by atoms with Crippen LogP contribution in [0.15, 0.2) is 30.5 Å². The molecule has 1 aromatic carbocycles. The summed E-state index contributed by atoms with van der Waals surface area (Å²) >= 11 is 0. The van der Waals surface area contributed by atoms with Gasteiger partial charge in [0.1, 0.15) is 12.1 Å². The molecule has 0 bridgehead atoms. The van der Waals surface area contributed by atoms with Gasteiger partial charge in [-0.1, -0.05) is 37.5 Å². The summed E-state index contributed by atoms with van der Waals surface area (Å²) < 4.78 is 0. The van der Waals surface area contributed by atoms with Gasteiger partial charge in [0.25, 0.3) is 5.91 Å². The normalized spacial score (nSPS) is 21.8. The van der Waals surface area contributed by atoms with Gasteiger partial charge >= 0.3 is 6.03 Å². The summed E-state index contributed by atoms with van der Waals surface area (Å²) in [6.07, 6.45) is 7.59. The molecule has 7 heteroatoms. The van der Waals surface area contributed by atoms with E-state index in [1.165, 1.54) is 6.42 Å². The largest absolute Gasteiger partial charge is 0.361 e. The number of nitrogens with zero attached hydrogens (tertiary/aromatic N) is 1. The van der Waals surface area contributed by atoms with Crippen molar-refractivity contribution >= 4 is 28.7 Å². The maximum absolute atomic E-state index is 12.9. The minimum Gasteiger partial charge on any atom is -0.361 e. The van der Waals surface area contributed by atoms with Gasteiger partial charge in [-0.25, -0.2) is 4.79 Å². The number of hydrogen-bond donors (Lipinski definition) is 3. The van der Waals surface area contributed by atoms with Gasteiger partial charge in [0.15, 0.2) is 0 Å². The Morgan fingerprint density at radius 2 is 1.96 bits per heavy atom. The number of H-pyrrole nitrogens is 1. The van der Waals surface area contributed by atoms with E-state index in [1.54, 1.807) is 6.92 Å². The highest BCUT2D eigenvalue weighted by Gasteiger charge is 2.43. The lowest BCUT2D eigenvalue weighted by atomic mass is 9.95. The predicted octanol–water partition coefficient (Wildman–Crippen LogP) is 2.47. The molecular formula is C21H26N4O3. The molecule has 0 unspecified atom stereocenters. The summed E-state index contributed by atoms with van der Waals surface area (Å²) in [7, 11) is 0. The van der Waals surface area contributed by atoms with Crippen LogP contribution in [-0.2, 0) is 16.0 Å². The van der Waals surface area contributed by atoms with E-state index in [1.807, 2.05) is 30.5 Å². The molecule has 28 heavy (non-hydrogen) atoms. The van der Waals surface area contributed by atoms with Crippen molar-refractivity contribution in [3.63, 3.8) is 0 Å². The first-order chi connectivity index (χ1) is 13.5. The molecule has 2 heterocycles. The van der Waals surface area contributed by atoms with Crippen molar-refractivity contribution < 1.29 is 14.4 Å². The molecule has 2 aliphatic rings. The summed E-state index contributed by atoms with van der Waals surface area (Å²) in [5.74, 6) is -0.607. The van der Waals surface area contributed by atoms with E-state index in [4.69, 9.17) is 0 Å². The first-order valence-corrected chi connectivity index (χ1v) is 10.0. The third-order valence-corrected chi connectivity index (χ3v) is 5.87. The SMILES string of the molecule is C[C@@H](C(=O)NC1CCCCC1)N1C(=O)N[C@@H](Cc2c[nH]c3ccccc23)C1=O. The third-order valence-electron chi connectivity index (χ3n) is 5.87. The summed E-state index contributed by atoms with van der Waals surface area (Å²) in [6.45, 7) is 1.61. The van der Waals surface area contributed by atoms with E-state index < -0.39 is 18.1 Å². The molecule has 4 amide bonds. The van der Waals surface area contributed by atoms with Gasteiger partial charge in [0.05, 0.1) is 0 Å². The first kappa shape index (κ1) is 18.5. The van der Waals surface area contributed by atoms with Gasteiger partial charge < -0.3 is 15.6 Å². The van der Waals surface area contributed by atoms with Gasteiger partial charge in [-0.2, -0.15) is 0 Å². The molecule has 1 aliphatic carbocycles. The molecule has 1 aromatic heterocycles. The number of carbonyl (C=O) groups is 3. The van der Waals surface area contributed by atoms with Gasteiger partial charge in [-0.3, -0.25) is 14.5 Å². The summed E-state index contributed by atoms with van der Waals surface area (Å²) in [5.41, 5.74) is 1.96. The lowest BCUT2D eigenvalue weighted by molar-refractivity contribution is -0.135. The lowest BCUT2D eigenvalue weighted by Crippen LogP contribution is -2.51. The molecule has 0 spiro atoms. The highest BCUT2D eigenvalue weighted by molar-refractivity contribution is 6.07. The number of benzene rings is 1. The number of para-hydroxylation sites is 1. The van der Waals surface area contributed by atoms with Crippen LogP contribution in [0.2, 0.25) is 0 Å². The second-order valence-corrected chi connectivity index (χ2v) is 7.79. The Bertz CT molecular complexity index is 900. The van der Waals surface area contributed by atoms with Gasteiger partial charge in [-0.05, 0) is 31.4 Å². The van der Waals surface area contributed by atoms with E-state index >= 15 is 0 Å². The fourth-order valence-corrected chi connectivity index (χ4v) is 4.26. The topological polar surface area (TPSA) is 94.3 Å². The van der Waals surface area contributed by atoms with Crippen LogP contribution >= 0.6 is 0 Å². The molecule has 2 fully saturated rings. The fraction of sp³-hybridized carbons (Fsp3) is 0.476. The van der Waals surface area contributed by atoms with Gasteiger partial charge in [-0.15, -0.1) is 0 Å². The number of rotatable bonds is 5. The molecule has 3 N–H and O–H groups in total. The highest BCUT2D eigenvalue weighted by atomic mass is 16.2. The number of amides is 4. The molecule has 2 aromatic rings. The van der Waals surface area contributed by atoms with Crippen LogP contribution in [0.25, 0.3) is 10.9 Å². The average Bonchev–Trinajstić information content (AvgIpc) is 3.23. The minimum atomic E-state index is -0.817. The van der Waals surface area contributed by atoms with Crippen molar-refractivity contribution in [1.29, 1.82) is 0 Å². The Labute approximate surface area is 163 Å². The number of fused-ring (bicyclic) bond motifs is 1. The van der Waals surface area contributed by atoms with E-state index in [0.717, 1.165) is 47.0 Å². The van der Waals surface area contributed by atoms with Crippen LogP contribution < -0.4 is 10.6 Å². The third kappa shape index (κ3) is 3.48. The maximum Gasteiger partial charge on any atom is 0.325 e. The molecule has 2 atom stereocenters. The molecule has 1 aliphatic heterocycles. The van der Waals surface area contributed by atoms with Crippen molar-refractivity contribution in [3.05, 3.63) is 36.0 Å². The van der Waals surface area contributed by atoms with Crippen LogP contribution in [0, 0.1) is 0 Å². The minimum absolute atomic E-state index is 0.145. The number of carbonyl (C=O) groups excluding carboxylic acids is 3. The average molecular weight is 382 g/mol. The molecule has 1 saturated carbocycles. The van der Waals surface area contributed by atoms with Crippen LogP contribution in [0.3, 0.4) is 0 Å². The summed E-state index contributed by atoms with van der Waals surface area (Å²) in [4.78, 5) is 42.1. The summed E-state index contributed by atoms with van der Waals surface area (Å²) in [5, 5.41) is 6.78. The Hall–Kier alpha value is -2.83. The van der Waals surface area contributed by atoms with Crippen LogP contribution in [0.4, 0.5) is 4.79 Å². The molecular weight excluding hydrogens is 356 g/mol. The van der Waals surface area contributed by atoms with Gasteiger partial charge in [0, 0.05) is 29.6 Å². The zero-order valence-corrected chi connectivity index (χ0v) is 16.0. The fourth-order valence-electron chi connectivity index (χ4n) is 4.26. The number of urea groups is 1. The van der Waals surface area contributed by atoms with Crippen molar-refractivity contribution in [2.24, 2.45) is 0 Å². The van der Waals surface area contributed by atoms with Crippen LogP contribution in [-0.4, -0.2) is 45.9 Å². The number of aromatic amines is 1. The lowest BCUT2D eigenvalue weighted by Gasteiger charge is -2.27. The number of nitrogens with one attached hydrogen (secondary N) is 3. The van der Waals surface area contributed by atoms with Crippen molar-refractivity contribution in [2.75, 3.05) is 0 Å². The maximum atomic E-state index is 12.9. The number of imide groups is 1. The second kappa shape index (κ2) is 7.66.